The van der Waals surface area contributed by atoms with Crippen molar-refractivity contribution in [2.45, 2.75) is 24.9 Å². The van der Waals surface area contributed by atoms with Crippen LogP contribution in [-0.2, 0) is 4.74 Å². The average Bonchev–Trinajstić information content (AvgIpc) is 2.77. The number of rotatable bonds is 0. The van der Waals surface area contributed by atoms with Gasteiger partial charge in [-0.2, -0.15) is 0 Å². The molecule has 2 heterocycles. The van der Waals surface area contributed by atoms with Gasteiger partial charge in [0.1, 0.15) is 0 Å². The first-order valence-electron chi connectivity index (χ1n) is 4.75. The van der Waals surface area contributed by atoms with Gasteiger partial charge in [-0.1, -0.05) is 0 Å². The highest BCUT2D eigenvalue weighted by molar-refractivity contribution is 5.85. The third kappa shape index (κ3) is 1.09. The summed E-state index contributed by atoms with van der Waals surface area (Å²) in [5.41, 5.74) is 0.295. The maximum atomic E-state index is 5.88. The highest BCUT2D eigenvalue weighted by Gasteiger charge is 2.59. The fraction of sp³-hybridized carbons (Fsp3) is 1.00. The quantitative estimate of drug-likeness (QED) is 0.619. The van der Waals surface area contributed by atoms with Crippen molar-refractivity contribution in [2.75, 3.05) is 19.7 Å². The molecule has 0 aromatic carbocycles. The Morgan fingerprint density at radius 3 is 2.83 bits per heavy atom. The van der Waals surface area contributed by atoms with E-state index in [1.807, 2.05) is 0 Å². The predicted molar refractivity (Wildman–Crippen MR) is 49.6 cm³/mol. The van der Waals surface area contributed by atoms with Gasteiger partial charge in [-0.15, -0.1) is 12.4 Å². The van der Waals surface area contributed by atoms with Gasteiger partial charge in [0, 0.05) is 6.54 Å². The van der Waals surface area contributed by atoms with Crippen LogP contribution in [0.1, 0.15) is 19.3 Å². The van der Waals surface area contributed by atoms with Crippen LogP contribution in [0.15, 0.2) is 0 Å². The zero-order valence-corrected chi connectivity index (χ0v) is 8.03. The van der Waals surface area contributed by atoms with E-state index in [9.17, 15) is 0 Å². The molecular formula is C9H16ClNO. The molecule has 70 valence electrons. The minimum absolute atomic E-state index is 0. The molecule has 1 aliphatic carbocycles. The van der Waals surface area contributed by atoms with E-state index in [-0.39, 0.29) is 12.4 Å². The number of ether oxygens (including phenoxy) is 1. The minimum atomic E-state index is 0. The van der Waals surface area contributed by atoms with E-state index in [2.05, 4.69) is 5.32 Å². The number of fused-ring (bicyclic) bond motifs is 2. The molecule has 3 aliphatic rings. The van der Waals surface area contributed by atoms with Gasteiger partial charge in [-0.3, -0.25) is 0 Å². The lowest BCUT2D eigenvalue weighted by atomic mass is 9.89. The number of halogens is 1. The molecule has 0 aromatic heterocycles. The molecule has 12 heavy (non-hydrogen) atoms. The molecule has 1 saturated carbocycles. The lowest BCUT2D eigenvalue weighted by Gasteiger charge is -2.35. The Morgan fingerprint density at radius 1 is 1.42 bits per heavy atom. The minimum Gasteiger partial charge on any atom is -0.373 e. The van der Waals surface area contributed by atoms with Crippen molar-refractivity contribution in [3.63, 3.8) is 0 Å². The zero-order valence-electron chi connectivity index (χ0n) is 7.21. The summed E-state index contributed by atoms with van der Waals surface area (Å²) in [5, 5.41) is 3.45. The van der Waals surface area contributed by atoms with Crippen LogP contribution in [0.3, 0.4) is 0 Å². The van der Waals surface area contributed by atoms with Crippen molar-refractivity contribution in [3.8, 4) is 0 Å². The van der Waals surface area contributed by atoms with Gasteiger partial charge in [0.2, 0.25) is 0 Å². The lowest BCUT2D eigenvalue weighted by molar-refractivity contribution is -0.0406. The Kier molecular flexibility index (Phi) is 2.10. The predicted octanol–water partition coefficient (Wildman–Crippen LogP) is 1.20. The van der Waals surface area contributed by atoms with Gasteiger partial charge in [0.25, 0.3) is 0 Å². The van der Waals surface area contributed by atoms with Gasteiger partial charge < -0.3 is 10.1 Å². The summed E-state index contributed by atoms with van der Waals surface area (Å²) in [7, 11) is 0. The molecule has 2 saturated heterocycles. The summed E-state index contributed by atoms with van der Waals surface area (Å²) >= 11 is 0. The number of hydrogen-bond acceptors (Lipinski definition) is 2. The van der Waals surface area contributed by atoms with Gasteiger partial charge in [0.15, 0.2) is 0 Å². The van der Waals surface area contributed by atoms with Gasteiger partial charge >= 0.3 is 0 Å². The van der Waals surface area contributed by atoms with Crippen molar-refractivity contribution < 1.29 is 4.74 Å². The normalized spacial score (nSPS) is 50.0. The van der Waals surface area contributed by atoms with Crippen LogP contribution in [0.25, 0.3) is 0 Å². The van der Waals surface area contributed by atoms with Crippen LogP contribution in [-0.4, -0.2) is 25.3 Å². The zero-order chi connectivity index (χ0) is 7.31. The van der Waals surface area contributed by atoms with E-state index in [1.165, 1.54) is 25.8 Å². The van der Waals surface area contributed by atoms with Gasteiger partial charge in [-0.05, 0) is 37.6 Å². The first-order chi connectivity index (χ1) is 5.41. The molecule has 3 rings (SSSR count). The Balaban J connectivity index is 0.000000563. The summed E-state index contributed by atoms with van der Waals surface area (Å²) in [5.74, 6) is 1.87. The van der Waals surface area contributed by atoms with Crippen molar-refractivity contribution in [1.29, 1.82) is 0 Å². The van der Waals surface area contributed by atoms with E-state index in [4.69, 9.17) is 4.74 Å². The molecule has 3 heteroatoms. The van der Waals surface area contributed by atoms with Crippen LogP contribution in [0.2, 0.25) is 0 Å². The molecule has 3 atom stereocenters. The SMILES string of the molecule is C1CNCC2(C1)OCC1CC12.Cl. The standard InChI is InChI=1S/C9H15NO.ClH/c1-2-9(6-10-3-1)8-4-7(8)5-11-9;/h7-8,10H,1-6H2;1H. The van der Waals surface area contributed by atoms with Gasteiger partial charge in [-0.25, -0.2) is 0 Å². The Morgan fingerprint density at radius 2 is 2.33 bits per heavy atom. The maximum absolute atomic E-state index is 5.88. The first-order valence-corrected chi connectivity index (χ1v) is 4.75. The molecule has 0 bridgehead atoms. The summed E-state index contributed by atoms with van der Waals surface area (Å²) in [6.45, 7) is 3.36. The van der Waals surface area contributed by atoms with Crippen LogP contribution in [0.4, 0.5) is 0 Å². The smallest absolute Gasteiger partial charge is 0.0838 e. The summed E-state index contributed by atoms with van der Waals surface area (Å²) in [6.07, 6.45) is 4.06. The fourth-order valence-electron chi connectivity index (χ4n) is 2.80. The number of hydrogen-bond donors (Lipinski definition) is 1. The van der Waals surface area contributed by atoms with E-state index in [0.29, 0.717) is 5.60 Å². The van der Waals surface area contributed by atoms with E-state index >= 15 is 0 Å². The molecule has 3 fully saturated rings. The van der Waals surface area contributed by atoms with Gasteiger partial charge in [0.05, 0.1) is 12.2 Å². The highest BCUT2D eigenvalue weighted by Crippen LogP contribution is 2.56. The van der Waals surface area contributed by atoms with E-state index < -0.39 is 0 Å². The second-order valence-corrected chi connectivity index (χ2v) is 4.26. The molecule has 2 aliphatic heterocycles. The summed E-state index contributed by atoms with van der Waals surface area (Å²) < 4.78 is 5.88. The second-order valence-electron chi connectivity index (χ2n) is 4.26. The molecule has 2 nitrogen and oxygen atoms in total. The Hall–Kier alpha value is 0.210. The topological polar surface area (TPSA) is 21.3 Å². The second kappa shape index (κ2) is 2.86. The highest BCUT2D eigenvalue weighted by atomic mass is 35.5. The van der Waals surface area contributed by atoms with Crippen molar-refractivity contribution >= 4 is 12.4 Å². The number of piperidine rings is 1. The van der Waals surface area contributed by atoms with E-state index in [1.54, 1.807) is 0 Å². The van der Waals surface area contributed by atoms with Crippen LogP contribution >= 0.6 is 12.4 Å². The largest absolute Gasteiger partial charge is 0.373 e. The maximum Gasteiger partial charge on any atom is 0.0838 e. The van der Waals surface area contributed by atoms with Crippen LogP contribution < -0.4 is 5.32 Å². The lowest BCUT2D eigenvalue weighted by Crippen LogP contribution is -2.47. The van der Waals surface area contributed by atoms with Crippen LogP contribution in [0.5, 0.6) is 0 Å². The third-order valence-corrected chi connectivity index (χ3v) is 3.56. The summed E-state index contributed by atoms with van der Waals surface area (Å²) in [6, 6.07) is 0. The first kappa shape index (κ1) is 8.79. The Bertz CT molecular complexity index is 179. The van der Waals surface area contributed by atoms with Crippen molar-refractivity contribution in [1.82, 2.24) is 5.32 Å². The average molecular weight is 190 g/mol. The fourth-order valence-corrected chi connectivity index (χ4v) is 2.80. The molecule has 3 unspecified atom stereocenters. The molecule has 0 amide bonds. The van der Waals surface area contributed by atoms with Crippen LogP contribution in [0, 0.1) is 11.8 Å². The molecule has 0 radical (unpaired) electrons. The molecule has 0 aromatic rings. The number of nitrogens with one attached hydrogen (secondary N) is 1. The Labute approximate surface area is 79.5 Å². The van der Waals surface area contributed by atoms with Crippen molar-refractivity contribution in [2.24, 2.45) is 11.8 Å². The third-order valence-electron chi connectivity index (χ3n) is 3.56. The molecule has 1 spiro atoms. The van der Waals surface area contributed by atoms with Crippen molar-refractivity contribution in [3.05, 3.63) is 0 Å². The molecule has 1 N–H and O–H groups in total. The monoisotopic (exact) mass is 189 g/mol. The molecular weight excluding hydrogens is 174 g/mol. The summed E-state index contributed by atoms with van der Waals surface area (Å²) in [4.78, 5) is 0. The van der Waals surface area contributed by atoms with E-state index in [0.717, 1.165) is 25.0 Å².